The molecule has 1 aromatic heterocycles. The second-order valence-electron chi connectivity index (χ2n) is 9.04. The molecule has 1 unspecified atom stereocenters. The number of aliphatic hydroxyl groups excluding tert-OH is 1. The third-order valence-corrected chi connectivity index (χ3v) is 10.6. The van der Waals surface area contributed by atoms with Crippen LogP contribution >= 0.6 is 12.2 Å². The summed E-state index contributed by atoms with van der Waals surface area (Å²) >= 11 is 5.33. The number of aliphatic hydroxyl groups is 1. The molecule has 1 aromatic rings. The van der Waals surface area contributed by atoms with Crippen molar-refractivity contribution in [3.05, 3.63) is 26.9 Å². The lowest BCUT2D eigenvalue weighted by molar-refractivity contribution is -0.0719. The van der Waals surface area contributed by atoms with Gasteiger partial charge in [-0.25, -0.2) is 0 Å². The second-order valence-corrected chi connectivity index (χ2v) is 14.2. The Labute approximate surface area is 178 Å². The summed E-state index contributed by atoms with van der Waals surface area (Å²) in [7, 11) is -0.168. The molecule has 166 valence electrons. The zero-order valence-electron chi connectivity index (χ0n) is 18.4. The number of hydrogen-bond donors (Lipinski definition) is 3. The van der Waals surface area contributed by atoms with E-state index in [4.69, 9.17) is 26.1 Å². The number of H-pyrrole nitrogens is 1. The molecule has 0 bridgehead atoms. The van der Waals surface area contributed by atoms with Crippen LogP contribution in [-0.2, 0) is 13.9 Å². The maximum atomic E-state index is 11.9. The second kappa shape index (κ2) is 9.50. The normalized spacial score (nSPS) is 25.5. The summed E-state index contributed by atoms with van der Waals surface area (Å²) < 4.78 is 20.2. The highest BCUT2D eigenvalue weighted by atomic mass is 32.1. The van der Waals surface area contributed by atoms with Gasteiger partial charge in [-0.1, -0.05) is 20.8 Å². The van der Waals surface area contributed by atoms with E-state index in [0.29, 0.717) is 18.7 Å². The molecule has 1 fully saturated rings. The molecule has 8 nitrogen and oxygen atoms in total. The minimum absolute atomic E-state index is 0.0528. The first-order chi connectivity index (χ1) is 13.4. The number of nitrogens with zero attached hydrogens (tertiary/aromatic N) is 1. The lowest BCUT2D eigenvalue weighted by Crippen LogP contribution is -2.44. The average molecular weight is 446 g/mol. The Morgan fingerprint density at radius 2 is 2.07 bits per heavy atom. The standard InChI is InChI=1S/C19H35N3O5SSi/c1-12-10-22(18(28)21-16(12)24)17-15(25-9-8-20-5)14(23)13(27-17)11-26-29(6,7)19(2,3)4/h10,13-15,17,20,23H,8-9,11H2,1-7H3,(H,21,24,28)/t13-,14?,15+,17-/m1/s1. The summed E-state index contributed by atoms with van der Waals surface area (Å²) in [4.78, 5) is 14.5. The summed E-state index contributed by atoms with van der Waals surface area (Å²) in [5.41, 5.74) is 0.266. The molecule has 0 spiro atoms. The summed E-state index contributed by atoms with van der Waals surface area (Å²) in [5.74, 6) is 0. The van der Waals surface area contributed by atoms with E-state index in [-0.39, 0.29) is 22.0 Å². The van der Waals surface area contributed by atoms with E-state index < -0.39 is 32.9 Å². The topological polar surface area (TPSA) is 97.7 Å². The molecular formula is C19H35N3O5SSi. The van der Waals surface area contributed by atoms with Crippen LogP contribution in [0.3, 0.4) is 0 Å². The number of likely N-dealkylation sites (N-methyl/N-ethyl adjacent to an activating group) is 1. The highest BCUT2D eigenvalue weighted by molar-refractivity contribution is 7.71. The Balaban J connectivity index is 2.26. The van der Waals surface area contributed by atoms with Crippen LogP contribution in [0.25, 0.3) is 0 Å². The highest BCUT2D eigenvalue weighted by Gasteiger charge is 2.47. The maximum Gasteiger partial charge on any atom is 0.254 e. The Hall–Kier alpha value is -0.883. The summed E-state index contributed by atoms with van der Waals surface area (Å²) in [6.45, 7) is 13.8. The van der Waals surface area contributed by atoms with Crippen LogP contribution in [-0.4, -0.2) is 68.1 Å². The number of aromatic nitrogens is 2. The van der Waals surface area contributed by atoms with Crippen LogP contribution in [0.2, 0.25) is 18.1 Å². The van der Waals surface area contributed by atoms with E-state index in [2.05, 4.69) is 44.2 Å². The molecule has 4 atom stereocenters. The van der Waals surface area contributed by atoms with Gasteiger partial charge in [0.1, 0.15) is 18.3 Å². The third kappa shape index (κ3) is 5.63. The van der Waals surface area contributed by atoms with Crippen LogP contribution in [0.5, 0.6) is 0 Å². The molecule has 10 heteroatoms. The third-order valence-electron chi connectivity index (χ3n) is 5.81. The van der Waals surface area contributed by atoms with E-state index in [0.717, 1.165) is 0 Å². The number of nitrogens with one attached hydrogen (secondary N) is 2. The van der Waals surface area contributed by atoms with Crippen LogP contribution < -0.4 is 10.9 Å². The Bertz CT molecular complexity index is 804. The van der Waals surface area contributed by atoms with Gasteiger partial charge in [-0.3, -0.25) is 14.3 Å². The van der Waals surface area contributed by atoms with E-state index in [9.17, 15) is 9.90 Å². The van der Waals surface area contributed by atoms with Gasteiger partial charge in [0.2, 0.25) is 0 Å². The molecule has 0 amide bonds. The first-order valence-corrected chi connectivity index (χ1v) is 13.3. The molecule has 2 heterocycles. The SMILES string of the molecule is CNCCO[C@H]1C(O)[C@@H](CO[Si](C)(C)C(C)(C)C)O[C@H]1n1cc(C)c(=O)[nH]c1=S. The van der Waals surface area contributed by atoms with E-state index in [1.165, 1.54) is 0 Å². The lowest BCUT2D eigenvalue weighted by atomic mass is 10.1. The number of ether oxygens (including phenoxy) is 2. The van der Waals surface area contributed by atoms with Crippen LogP contribution in [0.4, 0.5) is 0 Å². The number of hydrogen-bond acceptors (Lipinski definition) is 7. The van der Waals surface area contributed by atoms with Gasteiger partial charge in [0.05, 0.1) is 13.2 Å². The first-order valence-electron chi connectivity index (χ1n) is 9.95. The van der Waals surface area contributed by atoms with Crippen molar-refractivity contribution in [1.29, 1.82) is 0 Å². The predicted molar refractivity (Wildman–Crippen MR) is 117 cm³/mol. The zero-order chi connectivity index (χ0) is 22.0. The molecule has 1 saturated heterocycles. The first kappa shape index (κ1) is 24.4. The van der Waals surface area contributed by atoms with Gasteiger partial charge in [0, 0.05) is 18.3 Å². The monoisotopic (exact) mass is 445 g/mol. The molecule has 0 saturated carbocycles. The lowest BCUT2D eigenvalue weighted by Gasteiger charge is -2.37. The number of aromatic amines is 1. The van der Waals surface area contributed by atoms with E-state index in [1.54, 1.807) is 17.7 Å². The number of rotatable bonds is 8. The van der Waals surface area contributed by atoms with Gasteiger partial charge < -0.3 is 24.3 Å². The van der Waals surface area contributed by atoms with Crippen molar-refractivity contribution >= 4 is 20.5 Å². The largest absolute Gasteiger partial charge is 0.414 e. The Morgan fingerprint density at radius 1 is 1.41 bits per heavy atom. The van der Waals surface area contributed by atoms with Crippen molar-refractivity contribution in [1.82, 2.24) is 14.9 Å². The van der Waals surface area contributed by atoms with E-state index >= 15 is 0 Å². The molecule has 1 aliphatic heterocycles. The molecule has 2 rings (SSSR count). The molecule has 0 aromatic carbocycles. The van der Waals surface area contributed by atoms with Crippen molar-refractivity contribution < 1.29 is 19.0 Å². The van der Waals surface area contributed by atoms with E-state index in [1.807, 2.05) is 7.05 Å². The zero-order valence-corrected chi connectivity index (χ0v) is 20.3. The fourth-order valence-electron chi connectivity index (χ4n) is 2.84. The van der Waals surface area contributed by atoms with Gasteiger partial charge in [-0.05, 0) is 44.3 Å². The van der Waals surface area contributed by atoms with Crippen LogP contribution in [0.1, 0.15) is 32.6 Å². The van der Waals surface area contributed by atoms with Crippen LogP contribution in [0, 0.1) is 11.7 Å². The van der Waals surface area contributed by atoms with Crippen LogP contribution in [0.15, 0.2) is 11.0 Å². The Kier molecular flexibility index (Phi) is 7.99. The van der Waals surface area contributed by atoms with Crippen molar-refractivity contribution in [2.75, 3.05) is 26.8 Å². The van der Waals surface area contributed by atoms with Gasteiger partial charge in [0.15, 0.2) is 19.3 Å². The maximum absolute atomic E-state index is 11.9. The Morgan fingerprint density at radius 3 is 2.66 bits per heavy atom. The fourth-order valence-corrected chi connectivity index (χ4v) is 4.10. The molecule has 1 aliphatic rings. The minimum Gasteiger partial charge on any atom is -0.414 e. The molecule has 0 radical (unpaired) electrons. The van der Waals surface area contributed by atoms with Crippen molar-refractivity contribution in [3.63, 3.8) is 0 Å². The van der Waals surface area contributed by atoms with Crippen molar-refractivity contribution in [2.24, 2.45) is 0 Å². The quantitative estimate of drug-likeness (QED) is 0.320. The van der Waals surface area contributed by atoms with Gasteiger partial charge in [-0.15, -0.1) is 0 Å². The summed E-state index contributed by atoms with van der Waals surface area (Å²) in [6, 6.07) is 0. The van der Waals surface area contributed by atoms with Crippen molar-refractivity contribution in [2.45, 2.75) is 70.4 Å². The molecule has 3 N–H and O–H groups in total. The van der Waals surface area contributed by atoms with Gasteiger partial charge in [-0.2, -0.15) is 0 Å². The van der Waals surface area contributed by atoms with Gasteiger partial charge in [0.25, 0.3) is 5.56 Å². The molecule has 29 heavy (non-hydrogen) atoms. The van der Waals surface area contributed by atoms with Crippen molar-refractivity contribution in [3.8, 4) is 0 Å². The average Bonchev–Trinajstić information content (AvgIpc) is 2.92. The summed E-state index contributed by atoms with van der Waals surface area (Å²) in [5, 5.41) is 14.0. The molecule has 0 aliphatic carbocycles. The number of aryl methyl sites for hydroxylation is 1. The summed E-state index contributed by atoms with van der Waals surface area (Å²) in [6.07, 6.45) is -1.07. The van der Waals surface area contributed by atoms with Gasteiger partial charge >= 0.3 is 0 Å². The minimum atomic E-state index is -2.00. The smallest absolute Gasteiger partial charge is 0.254 e. The predicted octanol–water partition coefficient (Wildman–Crippen LogP) is 2.10. The molecular weight excluding hydrogens is 410 g/mol. The fraction of sp³-hybridized carbons (Fsp3) is 0.789. The highest BCUT2D eigenvalue weighted by Crippen LogP contribution is 2.38.